The van der Waals surface area contributed by atoms with Crippen LogP contribution in [0.15, 0.2) is 42.5 Å². The fraction of sp³-hybridized carbons (Fsp3) is 0.136. The predicted molar refractivity (Wildman–Crippen MR) is 117 cm³/mol. The maximum absolute atomic E-state index is 12.2. The zero-order valence-electron chi connectivity index (χ0n) is 16.0. The number of hydrogen-bond acceptors (Lipinski definition) is 4. The van der Waals surface area contributed by atoms with Gasteiger partial charge in [-0.2, -0.15) is 5.26 Å². The molecular formula is C22H17Cl2N5O. The highest BCUT2D eigenvalue weighted by atomic mass is 35.5. The molecule has 6 nitrogen and oxygen atoms in total. The van der Waals surface area contributed by atoms with Crippen molar-refractivity contribution in [3.63, 3.8) is 0 Å². The van der Waals surface area contributed by atoms with Crippen LogP contribution in [0.3, 0.4) is 0 Å². The fourth-order valence-corrected chi connectivity index (χ4v) is 3.42. The molecule has 3 N–H and O–H groups in total. The standard InChI is InChI=1S/C22H17Cl2N5O/c1-14-20(22(30)28-26)27-21(18-11-8-16(23)13-19(18)24)29(14)17-9-6-15(7-10-17)5-3-2-4-12-25/h6-11,13H,2,4,26H2,1H3,(H,28,30). The van der Waals surface area contributed by atoms with Crippen LogP contribution >= 0.6 is 23.2 Å². The van der Waals surface area contributed by atoms with E-state index in [2.05, 4.69) is 28.3 Å². The Bertz CT molecular complexity index is 1200. The van der Waals surface area contributed by atoms with Crippen LogP contribution in [-0.4, -0.2) is 15.5 Å². The molecule has 0 unspecified atom stereocenters. The molecule has 0 aliphatic carbocycles. The highest BCUT2D eigenvalue weighted by Crippen LogP contribution is 2.33. The van der Waals surface area contributed by atoms with Crippen LogP contribution in [0.5, 0.6) is 0 Å². The first-order valence-corrected chi connectivity index (χ1v) is 9.73. The monoisotopic (exact) mass is 437 g/mol. The van der Waals surface area contributed by atoms with E-state index >= 15 is 0 Å². The molecule has 30 heavy (non-hydrogen) atoms. The van der Waals surface area contributed by atoms with E-state index in [1.54, 1.807) is 25.1 Å². The number of halogens is 2. The third-order valence-corrected chi connectivity index (χ3v) is 4.89. The summed E-state index contributed by atoms with van der Waals surface area (Å²) < 4.78 is 1.83. The minimum Gasteiger partial charge on any atom is -0.296 e. The van der Waals surface area contributed by atoms with E-state index in [9.17, 15) is 4.79 Å². The van der Waals surface area contributed by atoms with E-state index in [4.69, 9.17) is 34.3 Å². The van der Waals surface area contributed by atoms with Crippen molar-refractivity contribution in [1.29, 1.82) is 5.26 Å². The molecule has 1 amide bonds. The number of nitrogens with zero attached hydrogens (tertiary/aromatic N) is 3. The van der Waals surface area contributed by atoms with E-state index in [0.29, 0.717) is 40.0 Å². The second-order valence-corrected chi connectivity index (χ2v) is 7.15. The zero-order chi connectivity index (χ0) is 21.7. The molecule has 2 aromatic carbocycles. The summed E-state index contributed by atoms with van der Waals surface area (Å²) in [5, 5.41) is 9.49. The Kier molecular flexibility index (Phi) is 6.76. The normalized spacial score (nSPS) is 10.1. The van der Waals surface area contributed by atoms with Crippen LogP contribution < -0.4 is 11.3 Å². The van der Waals surface area contributed by atoms with Crippen molar-refractivity contribution < 1.29 is 4.79 Å². The molecule has 150 valence electrons. The number of nitrogens with two attached hydrogens (primary N) is 1. The highest BCUT2D eigenvalue weighted by Gasteiger charge is 2.22. The lowest BCUT2D eigenvalue weighted by molar-refractivity contribution is 0.0948. The first-order valence-electron chi connectivity index (χ1n) is 8.98. The largest absolute Gasteiger partial charge is 0.296 e. The van der Waals surface area contributed by atoms with E-state index < -0.39 is 5.91 Å². The van der Waals surface area contributed by atoms with Crippen LogP contribution in [0.4, 0.5) is 0 Å². The number of benzene rings is 2. The summed E-state index contributed by atoms with van der Waals surface area (Å²) in [7, 11) is 0. The van der Waals surface area contributed by atoms with Crippen molar-refractivity contribution >= 4 is 29.1 Å². The Morgan fingerprint density at radius 2 is 1.93 bits per heavy atom. The van der Waals surface area contributed by atoms with Gasteiger partial charge in [0.05, 0.1) is 16.8 Å². The number of imidazole rings is 1. The van der Waals surface area contributed by atoms with Crippen LogP contribution in [0, 0.1) is 30.1 Å². The molecule has 3 rings (SSSR count). The summed E-state index contributed by atoms with van der Waals surface area (Å²) in [6.45, 7) is 1.78. The first-order chi connectivity index (χ1) is 14.5. The maximum Gasteiger partial charge on any atom is 0.285 e. The number of carbonyl (C=O) groups is 1. The van der Waals surface area contributed by atoms with Crippen LogP contribution in [0.2, 0.25) is 10.0 Å². The van der Waals surface area contributed by atoms with Crippen molar-refractivity contribution in [3.8, 4) is 35.0 Å². The van der Waals surface area contributed by atoms with E-state index in [-0.39, 0.29) is 5.69 Å². The maximum atomic E-state index is 12.2. The number of carbonyl (C=O) groups excluding carboxylic acids is 1. The van der Waals surface area contributed by atoms with Gasteiger partial charge in [0.25, 0.3) is 5.91 Å². The number of hydrazine groups is 1. The SMILES string of the molecule is Cc1c(C(=O)NN)nc(-c2ccc(Cl)cc2Cl)n1-c1ccc(C#CCCC#N)cc1. The van der Waals surface area contributed by atoms with Crippen molar-refractivity contribution in [2.24, 2.45) is 5.84 Å². The third kappa shape index (κ3) is 4.48. The van der Waals surface area contributed by atoms with Crippen LogP contribution in [-0.2, 0) is 0 Å². The lowest BCUT2D eigenvalue weighted by Gasteiger charge is -2.12. The number of aromatic nitrogens is 2. The Labute approximate surface area is 184 Å². The Balaban J connectivity index is 2.11. The van der Waals surface area contributed by atoms with Gasteiger partial charge in [0.1, 0.15) is 5.82 Å². The topological polar surface area (TPSA) is 96.7 Å². The minimum absolute atomic E-state index is 0.193. The number of rotatable bonds is 4. The van der Waals surface area contributed by atoms with Gasteiger partial charge in [0.15, 0.2) is 5.69 Å². The molecule has 0 aliphatic rings. The van der Waals surface area contributed by atoms with Crippen molar-refractivity contribution in [2.45, 2.75) is 19.8 Å². The van der Waals surface area contributed by atoms with Gasteiger partial charge in [0.2, 0.25) is 0 Å². The second kappa shape index (κ2) is 9.47. The first kappa shape index (κ1) is 21.4. The number of nitrogen functional groups attached to an aromatic ring is 1. The van der Waals surface area contributed by atoms with Gasteiger partial charge < -0.3 is 0 Å². The molecule has 1 heterocycles. The average Bonchev–Trinajstić information content (AvgIpc) is 3.08. The Hall–Kier alpha value is -3.29. The molecule has 3 aromatic rings. The van der Waals surface area contributed by atoms with Crippen molar-refractivity contribution in [3.05, 3.63) is 69.5 Å². The quantitative estimate of drug-likeness (QED) is 0.207. The summed E-state index contributed by atoms with van der Waals surface area (Å²) in [6.07, 6.45) is 0.923. The third-order valence-electron chi connectivity index (χ3n) is 4.35. The predicted octanol–water partition coefficient (Wildman–Crippen LogP) is 4.41. The minimum atomic E-state index is -0.502. The molecule has 0 saturated carbocycles. The average molecular weight is 438 g/mol. The Morgan fingerprint density at radius 3 is 2.57 bits per heavy atom. The highest BCUT2D eigenvalue weighted by molar-refractivity contribution is 6.36. The number of nitriles is 1. The molecule has 8 heteroatoms. The van der Waals surface area contributed by atoms with Crippen molar-refractivity contribution in [1.82, 2.24) is 15.0 Å². The fourth-order valence-electron chi connectivity index (χ4n) is 2.93. The smallest absolute Gasteiger partial charge is 0.285 e. The molecule has 0 bridgehead atoms. The van der Waals surface area contributed by atoms with Gasteiger partial charge >= 0.3 is 0 Å². The van der Waals surface area contributed by atoms with Gasteiger partial charge in [-0.15, -0.1) is 0 Å². The summed E-state index contributed by atoms with van der Waals surface area (Å²) in [6, 6.07) is 14.6. The Morgan fingerprint density at radius 1 is 1.20 bits per heavy atom. The molecule has 0 spiro atoms. The molecule has 0 atom stereocenters. The van der Waals surface area contributed by atoms with Crippen LogP contribution in [0.25, 0.3) is 17.1 Å². The van der Waals surface area contributed by atoms with Crippen LogP contribution in [0.1, 0.15) is 34.6 Å². The molecule has 0 radical (unpaired) electrons. The van der Waals surface area contributed by atoms with Gasteiger partial charge in [-0.05, 0) is 49.4 Å². The van der Waals surface area contributed by atoms with E-state index in [1.165, 1.54) is 0 Å². The summed E-state index contributed by atoms with van der Waals surface area (Å²) in [5.41, 5.74) is 5.14. The molecule has 1 aromatic heterocycles. The lowest BCUT2D eigenvalue weighted by atomic mass is 10.1. The molecule has 0 aliphatic heterocycles. The van der Waals surface area contributed by atoms with Crippen molar-refractivity contribution in [2.75, 3.05) is 0 Å². The summed E-state index contributed by atoms with van der Waals surface area (Å²) in [4.78, 5) is 16.7. The molecule has 0 saturated heterocycles. The number of nitrogens with one attached hydrogen (secondary N) is 1. The number of unbranched alkanes of at least 4 members (excludes halogenated alkanes) is 1. The summed E-state index contributed by atoms with van der Waals surface area (Å²) >= 11 is 12.4. The molecular weight excluding hydrogens is 421 g/mol. The summed E-state index contributed by atoms with van der Waals surface area (Å²) in [5.74, 6) is 11.3. The molecule has 0 fully saturated rings. The van der Waals surface area contributed by atoms with Gasteiger partial charge in [-0.1, -0.05) is 35.0 Å². The number of hydrogen-bond donors (Lipinski definition) is 2. The number of amides is 1. The second-order valence-electron chi connectivity index (χ2n) is 6.31. The van der Waals surface area contributed by atoms with Gasteiger partial charge in [0, 0.05) is 34.7 Å². The van der Waals surface area contributed by atoms with Gasteiger partial charge in [-0.25, -0.2) is 10.8 Å². The van der Waals surface area contributed by atoms with Gasteiger partial charge in [-0.3, -0.25) is 14.8 Å². The lowest BCUT2D eigenvalue weighted by Crippen LogP contribution is -2.30. The van der Waals surface area contributed by atoms with E-state index in [1.807, 2.05) is 28.8 Å². The zero-order valence-corrected chi connectivity index (χ0v) is 17.6. The van der Waals surface area contributed by atoms with E-state index in [0.717, 1.165) is 11.3 Å².